The molecule has 0 aromatic heterocycles. The minimum Gasteiger partial charge on any atom is -0.340 e. The first-order chi connectivity index (χ1) is 28.2. The maximum absolute atomic E-state index is 7.46. The zero-order valence-corrected chi connectivity index (χ0v) is 41.0. The van der Waals surface area contributed by atoms with Crippen molar-refractivity contribution in [3.05, 3.63) is 81.4 Å². The Morgan fingerprint density at radius 1 is 0.583 bits per heavy atom. The molecule has 3 aliphatic heterocycles. The zero-order valence-electron chi connectivity index (χ0n) is 41.0. The van der Waals surface area contributed by atoms with Gasteiger partial charge in [0.1, 0.15) is 0 Å². The summed E-state index contributed by atoms with van der Waals surface area (Å²) in [5, 5.41) is 0. The minimum atomic E-state index is -1.16. The topological polar surface area (TPSA) is 24.5 Å². The quantitative estimate of drug-likeness (QED) is 0.100. The van der Waals surface area contributed by atoms with Crippen LogP contribution in [-0.2, 0) is 23.7 Å². The summed E-state index contributed by atoms with van der Waals surface area (Å²) in [6.07, 6.45) is 18.3. The molecule has 5 heteroatoms. The fourth-order valence-electron chi connectivity index (χ4n) is 10.3. The van der Waals surface area contributed by atoms with Gasteiger partial charge in [0.25, 0.3) is 0 Å². The number of rotatable bonds is 17. The van der Waals surface area contributed by atoms with E-state index in [-0.39, 0.29) is 21.9 Å². The summed E-state index contributed by atoms with van der Waals surface area (Å²) in [4.78, 5) is 0. The van der Waals surface area contributed by atoms with Crippen LogP contribution in [0.15, 0.2) is 42.5 Å². The standard InChI is InChI=1S/C55H84N3O2/c1-16-20-26-41-27-24-28-42(29-25-33-58(30-21-17-2,31-22-18-3)32-23-19-4)48(41)43-34-40(5)49-44(35-43)38-56-53(12,13)54(14,15)57-39-45-36-46(51(6,7)8)37-47(52(9,10)11)50(45)60-55(56,57)59-49/h24,27-28,34-39H,16-23,25-26,29-33H2,1-15H3/q+3. The van der Waals surface area contributed by atoms with Crippen molar-refractivity contribution in [2.24, 2.45) is 0 Å². The van der Waals surface area contributed by atoms with Gasteiger partial charge in [0, 0.05) is 39.7 Å². The van der Waals surface area contributed by atoms with Gasteiger partial charge >= 0.3 is 6.03 Å². The molecule has 6 rings (SSSR count). The number of unbranched alkanes of at least 4 members (excludes halogenated alkanes) is 4. The molecule has 1 fully saturated rings. The van der Waals surface area contributed by atoms with Crippen LogP contribution in [0.2, 0.25) is 0 Å². The van der Waals surface area contributed by atoms with Gasteiger partial charge < -0.3 is 14.0 Å². The molecule has 0 aliphatic carbocycles. The highest BCUT2D eigenvalue weighted by molar-refractivity contribution is 5.87. The van der Waals surface area contributed by atoms with E-state index >= 15 is 0 Å². The Morgan fingerprint density at radius 3 is 1.57 bits per heavy atom. The van der Waals surface area contributed by atoms with Gasteiger partial charge in [0.15, 0.2) is 23.9 Å². The molecule has 0 N–H and O–H groups in total. The third-order valence-electron chi connectivity index (χ3n) is 14.8. The van der Waals surface area contributed by atoms with Crippen LogP contribution in [0.25, 0.3) is 11.1 Å². The Morgan fingerprint density at radius 2 is 1.07 bits per heavy atom. The second kappa shape index (κ2) is 17.4. The Hall–Kier alpha value is -3.44. The number of benzene rings is 3. The molecule has 0 amide bonds. The van der Waals surface area contributed by atoms with Gasteiger partial charge in [-0.15, -0.1) is 0 Å². The first-order valence-corrected chi connectivity index (χ1v) is 24.2. The van der Waals surface area contributed by atoms with Crippen molar-refractivity contribution in [3.63, 3.8) is 0 Å². The molecule has 60 heavy (non-hydrogen) atoms. The number of ether oxygens (including phenoxy) is 2. The molecule has 0 saturated carbocycles. The molecule has 0 radical (unpaired) electrons. The molecular formula is C55H84N3O2+3. The van der Waals surface area contributed by atoms with E-state index in [0.717, 1.165) is 41.0 Å². The van der Waals surface area contributed by atoms with Crippen LogP contribution in [0, 0.1) is 6.92 Å². The smallest absolute Gasteiger partial charge is 0.340 e. The average Bonchev–Trinajstić information content (AvgIpc) is 3.31. The normalized spacial score (nSPS) is 19.1. The average molecular weight is 819 g/mol. The number of nitrogens with zero attached hydrogens (tertiary/aromatic N) is 3. The Balaban J connectivity index is 1.45. The second-order valence-corrected chi connectivity index (χ2v) is 22.0. The first-order valence-electron chi connectivity index (χ1n) is 24.2. The SMILES string of the molecule is CCCCc1cccc(CCC[N+](CCCC)(CCCC)CCCC)c1-c1cc(C)c2c(c1)C=[N+]1C3(O2)Oc2c(cc(C(C)(C)C)cc2C(C)(C)C)C=[N+]3C(C)(C)C1(C)C. The van der Waals surface area contributed by atoms with E-state index in [0.29, 0.717) is 0 Å². The minimum absolute atomic E-state index is 0.00342. The molecule has 1 saturated heterocycles. The van der Waals surface area contributed by atoms with E-state index in [9.17, 15) is 0 Å². The van der Waals surface area contributed by atoms with Crippen molar-refractivity contribution in [1.29, 1.82) is 0 Å². The predicted molar refractivity (Wildman–Crippen MR) is 255 cm³/mol. The maximum atomic E-state index is 7.46. The Bertz CT molecular complexity index is 2070. The van der Waals surface area contributed by atoms with E-state index in [2.05, 4.69) is 168 Å². The van der Waals surface area contributed by atoms with Gasteiger partial charge in [-0.05, 0) is 108 Å². The number of hydrogen-bond acceptors (Lipinski definition) is 2. The summed E-state index contributed by atoms with van der Waals surface area (Å²) in [7, 11) is 0. The fraction of sp³-hybridized carbons (Fsp3) is 0.636. The van der Waals surface area contributed by atoms with Crippen LogP contribution in [-0.4, -0.2) is 69.4 Å². The van der Waals surface area contributed by atoms with Gasteiger partial charge in [-0.25, -0.2) is 0 Å². The van der Waals surface area contributed by atoms with Crippen LogP contribution in [0.4, 0.5) is 0 Å². The number of fused-ring (bicyclic) bond motifs is 2. The lowest BCUT2D eigenvalue weighted by atomic mass is 9.78. The highest BCUT2D eigenvalue weighted by Crippen LogP contribution is 2.52. The first kappa shape index (κ1) is 46.1. The van der Waals surface area contributed by atoms with Crippen LogP contribution in [0.3, 0.4) is 0 Å². The third-order valence-corrected chi connectivity index (χ3v) is 14.8. The van der Waals surface area contributed by atoms with Gasteiger partial charge in [0.05, 0.1) is 37.3 Å². The summed E-state index contributed by atoms with van der Waals surface area (Å²) < 4.78 is 21.0. The van der Waals surface area contributed by atoms with E-state index in [1.54, 1.807) is 0 Å². The molecule has 3 aromatic carbocycles. The molecule has 1 unspecified atom stereocenters. The van der Waals surface area contributed by atoms with E-state index in [1.807, 2.05) is 0 Å². The largest absolute Gasteiger partial charge is 0.705 e. The lowest BCUT2D eigenvalue weighted by Gasteiger charge is -2.39. The molecule has 5 nitrogen and oxygen atoms in total. The van der Waals surface area contributed by atoms with Crippen LogP contribution in [0.5, 0.6) is 11.5 Å². The molecule has 3 aromatic rings. The fourth-order valence-corrected chi connectivity index (χ4v) is 10.3. The van der Waals surface area contributed by atoms with Crippen molar-refractivity contribution in [2.75, 3.05) is 26.2 Å². The van der Waals surface area contributed by atoms with Gasteiger partial charge in [-0.2, -0.15) is 0 Å². The summed E-state index contributed by atoms with van der Waals surface area (Å²) in [6.45, 7) is 40.0. The van der Waals surface area contributed by atoms with Crippen molar-refractivity contribution in [2.45, 2.75) is 202 Å². The van der Waals surface area contributed by atoms with Crippen molar-refractivity contribution in [1.82, 2.24) is 0 Å². The lowest BCUT2D eigenvalue weighted by Crippen LogP contribution is -2.61. The number of hydrogen-bond donors (Lipinski definition) is 0. The summed E-state index contributed by atoms with van der Waals surface area (Å²) in [5.41, 5.74) is 10.9. The second-order valence-electron chi connectivity index (χ2n) is 22.0. The van der Waals surface area contributed by atoms with Gasteiger partial charge in [-0.3, -0.25) is 0 Å². The maximum Gasteiger partial charge on any atom is 0.705 e. The molecule has 0 bridgehead atoms. The Labute approximate surface area is 366 Å². The summed E-state index contributed by atoms with van der Waals surface area (Å²) in [5.74, 6) is 1.83. The zero-order chi connectivity index (χ0) is 43.9. The molecule has 1 atom stereocenters. The molecule has 328 valence electrons. The molecule has 3 heterocycles. The van der Waals surface area contributed by atoms with Crippen LogP contribution in [0.1, 0.15) is 194 Å². The van der Waals surface area contributed by atoms with Gasteiger partial charge in [0.2, 0.25) is 11.1 Å². The van der Waals surface area contributed by atoms with E-state index in [1.165, 1.54) is 122 Å². The van der Waals surface area contributed by atoms with Crippen LogP contribution < -0.4 is 9.47 Å². The van der Waals surface area contributed by atoms with Crippen molar-refractivity contribution < 1.29 is 23.1 Å². The highest BCUT2D eigenvalue weighted by Gasteiger charge is 2.83. The monoisotopic (exact) mass is 819 g/mol. The summed E-state index contributed by atoms with van der Waals surface area (Å²) in [6, 6.07) is 15.5. The summed E-state index contributed by atoms with van der Waals surface area (Å²) >= 11 is 0. The van der Waals surface area contributed by atoms with Crippen molar-refractivity contribution >= 4 is 12.4 Å². The van der Waals surface area contributed by atoms with Gasteiger partial charge in [-0.1, -0.05) is 128 Å². The highest BCUT2D eigenvalue weighted by atomic mass is 16.7. The third kappa shape index (κ3) is 8.52. The molecule has 1 spiro atoms. The predicted octanol–water partition coefficient (Wildman–Crippen LogP) is 13.3. The number of quaternary nitrogens is 1. The van der Waals surface area contributed by atoms with E-state index < -0.39 is 6.03 Å². The number of aryl methyl sites for hydroxylation is 3. The molecular weight excluding hydrogens is 735 g/mol. The molecule has 3 aliphatic rings. The van der Waals surface area contributed by atoms with Crippen LogP contribution >= 0.6 is 0 Å². The lowest BCUT2D eigenvalue weighted by molar-refractivity contribution is -0.929. The van der Waals surface area contributed by atoms with E-state index in [4.69, 9.17) is 9.47 Å². The van der Waals surface area contributed by atoms with Crippen molar-refractivity contribution in [3.8, 4) is 22.6 Å². The Kier molecular flexibility index (Phi) is 13.3.